The van der Waals surface area contributed by atoms with E-state index >= 15 is 0 Å². The van der Waals surface area contributed by atoms with Crippen LogP contribution in [0, 0.1) is 0 Å². The number of nitrogens with one attached hydrogen (secondary N) is 1. The minimum Gasteiger partial charge on any atom is -0.384 e. The number of rotatable bonds is 7. The van der Waals surface area contributed by atoms with Gasteiger partial charge in [-0.25, -0.2) is 8.42 Å². The van der Waals surface area contributed by atoms with Crippen LogP contribution in [0.3, 0.4) is 0 Å². The van der Waals surface area contributed by atoms with Crippen molar-refractivity contribution < 1.29 is 13.2 Å². The zero-order valence-corrected chi connectivity index (χ0v) is 8.77. The van der Waals surface area contributed by atoms with E-state index in [1.165, 1.54) is 20.0 Å². The molecule has 0 aliphatic heterocycles. The monoisotopic (exact) mass is 207 g/mol. The standard InChI is InChI=1S/C8H17NO3S/c1-12-5-7-13(10,11)6-4-9-8-2-3-8/h8-9H,2-7H2,1H3. The van der Waals surface area contributed by atoms with Gasteiger partial charge in [-0.2, -0.15) is 0 Å². The van der Waals surface area contributed by atoms with E-state index in [1.807, 2.05) is 0 Å². The third-order valence-electron chi connectivity index (χ3n) is 2.02. The highest BCUT2D eigenvalue weighted by Crippen LogP contribution is 2.18. The first-order valence-corrected chi connectivity index (χ1v) is 6.39. The second-order valence-electron chi connectivity index (χ2n) is 3.37. The predicted molar refractivity (Wildman–Crippen MR) is 51.6 cm³/mol. The molecular weight excluding hydrogens is 190 g/mol. The molecule has 0 saturated heterocycles. The van der Waals surface area contributed by atoms with Gasteiger partial charge in [-0.3, -0.25) is 0 Å². The van der Waals surface area contributed by atoms with Gasteiger partial charge in [0.05, 0.1) is 18.1 Å². The lowest BCUT2D eigenvalue weighted by molar-refractivity contribution is 0.217. The minimum atomic E-state index is -2.90. The third kappa shape index (κ3) is 5.23. The van der Waals surface area contributed by atoms with Crippen molar-refractivity contribution in [1.29, 1.82) is 0 Å². The van der Waals surface area contributed by atoms with Gasteiger partial charge < -0.3 is 10.1 Å². The SMILES string of the molecule is COCCS(=O)(=O)CCNC1CC1. The van der Waals surface area contributed by atoms with Crippen LogP contribution in [0.2, 0.25) is 0 Å². The molecule has 1 aliphatic rings. The molecule has 78 valence electrons. The van der Waals surface area contributed by atoms with Gasteiger partial charge in [-0.15, -0.1) is 0 Å². The van der Waals surface area contributed by atoms with E-state index in [-0.39, 0.29) is 11.5 Å². The van der Waals surface area contributed by atoms with Gasteiger partial charge in [0, 0.05) is 19.7 Å². The summed E-state index contributed by atoms with van der Waals surface area (Å²) in [7, 11) is -1.39. The Labute approximate surface area is 79.6 Å². The van der Waals surface area contributed by atoms with Crippen LogP contribution < -0.4 is 5.32 Å². The van der Waals surface area contributed by atoms with Crippen molar-refractivity contribution in [2.75, 3.05) is 31.8 Å². The average Bonchev–Trinajstić information content (AvgIpc) is 2.84. The van der Waals surface area contributed by atoms with Crippen molar-refractivity contribution in [1.82, 2.24) is 5.32 Å². The molecule has 0 bridgehead atoms. The molecule has 4 nitrogen and oxygen atoms in total. The van der Waals surface area contributed by atoms with Crippen molar-refractivity contribution in [3.63, 3.8) is 0 Å². The summed E-state index contributed by atoms with van der Waals surface area (Å²) in [5.74, 6) is 0.364. The van der Waals surface area contributed by atoms with Crippen molar-refractivity contribution in [3.05, 3.63) is 0 Å². The van der Waals surface area contributed by atoms with Crippen LogP contribution >= 0.6 is 0 Å². The number of ether oxygens (including phenoxy) is 1. The Balaban J connectivity index is 2.09. The fourth-order valence-electron chi connectivity index (χ4n) is 1.02. The van der Waals surface area contributed by atoms with Crippen LogP contribution in [0.1, 0.15) is 12.8 Å². The number of sulfone groups is 1. The van der Waals surface area contributed by atoms with E-state index in [0.29, 0.717) is 19.2 Å². The Morgan fingerprint density at radius 2 is 2.08 bits per heavy atom. The second-order valence-corrected chi connectivity index (χ2v) is 5.68. The Morgan fingerprint density at radius 1 is 1.38 bits per heavy atom. The molecule has 13 heavy (non-hydrogen) atoms. The highest BCUT2D eigenvalue weighted by atomic mass is 32.2. The molecule has 0 aromatic heterocycles. The van der Waals surface area contributed by atoms with Crippen molar-refractivity contribution in [2.24, 2.45) is 0 Å². The Bertz CT molecular complexity index is 234. The molecular formula is C8H17NO3S. The summed E-state index contributed by atoms with van der Waals surface area (Å²) in [5, 5.41) is 3.17. The van der Waals surface area contributed by atoms with E-state index in [9.17, 15) is 8.42 Å². The topological polar surface area (TPSA) is 55.4 Å². The van der Waals surface area contributed by atoms with Crippen LogP contribution in [-0.2, 0) is 14.6 Å². The van der Waals surface area contributed by atoms with Crippen LogP contribution in [0.5, 0.6) is 0 Å². The lowest BCUT2D eigenvalue weighted by atomic mass is 10.6. The van der Waals surface area contributed by atoms with Crippen LogP contribution in [0.4, 0.5) is 0 Å². The van der Waals surface area contributed by atoms with Crippen LogP contribution in [0.15, 0.2) is 0 Å². The average molecular weight is 207 g/mol. The van der Waals surface area contributed by atoms with Crippen molar-refractivity contribution in [3.8, 4) is 0 Å². The zero-order chi connectivity index (χ0) is 9.73. The fraction of sp³-hybridized carbons (Fsp3) is 1.00. The Hall–Kier alpha value is -0.130. The molecule has 0 spiro atoms. The number of hydrogen-bond acceptors (Lipinski definition) is 4. The van der Waals surface area contributed by atoms with Gasteiger partial charge in [0.15, 0.2) is 9.84 Å². The largest absolute Gasteiger partial charge is 0.384 e. The quantitative estimate of drug-likeness (QED) is 0.628. The van der Waals surface area contributed by atoms with Crippen LogP contribution in [-0.4, -0.2) is 46.2 Å². The first-order chi connectivity index (χ1) is 6.14. The second kappa shape index (κ2) is 4.93. The molecule has 1 fully saturated rings. The Morgan fingerprint density at radius 3 is 2.62 bits per heavy atom. The summed E-state index contributed by atoms with van der Waals surface area (Å²) in [4.78, 5) is 0. The lowest BCUT2D eigenvalue weighted by Crippen LogP contribution is -2.26. The van der Waals surface area contributed by atoms with Gasteiger partial charge in [0.1, 0.15) is 0 Å². The summed E-state index contributed by atoms with van der Waals surface area (Å²) in [6, 6.07) is 0.581. The van der Waals surface area contributed by atoms with E-state index in [1.54, 1.807) is 0 Å². The maximum Gasteiger partial charge on any atom is 0.153 e. The van der Waals surface area contributed by atoms with Gasteiger partial charge in [-0.1, -0.05) is 0 Å². The van der Waals surface area contributed by atoms with E-state index in [0.717, 1.165) is 0 Å². The van der Waals surface area contributed by atoms with Crippen molar-refractivity contribution in [2.45, 2.75) is 18.9 Å². The lowest BCUT2D eigenvalue weighted by Gasteiger charge is -2.04. The summed E-state index contributed by atoms with van der Waals surface area (Å²) >= 11 is 0. The first kappa shape index (κ1) is 10.9. The zero-order valence-electron chi connectivity index (χ0n) is 7.95. The van der Waals surface area contributed by atoms with Gasteiger partial charge in [0.2, 0.25) is 0 Å². The number of hydrogen-bond donors (Lipinski definition) is 1. The maximum absolute atomic E-state index is 11.3. The molecule has 1 saturated carbocycles. The minimum absolute atomic E-state index is 0.135. The summed E-state index contributed by atoms with van der Waals surface area (Å²) in [5.41, 5.74) is 0. The van der Waals surface area contributed by atoms with Gasteiger partial charge in [0.25, 0.3) is 0 Å². The van der Waals surface area contributed by atoms with Gasteiger partial charge in [-0.05, 0) is 12.8 Å². The number of methoxy groups -OCH3 is 1. The smallest absolute Gasteiger partial charge is 0.153 e. The van der Waals surface area contributed by atoms with E-state index < -0.39 is 9.84 Å². The maximum atomic E-state index is 11.3. The molecule has 0 radical (unpaired) electrons. The van der Waals surface area contributed by atoms with Crippen LogP contribution in [0.25, 0.3) is 0 Å². The molecule has 0 amide bonds. The molecule has 0 heterocycles. The first-order valence-electron chi connectivity index (χ1n) is 4.57. The third-order valence-corrected chi connectivity index (χ3v) is 3.64. The molecule has 5 heteroatoms. The molecule has 1 aliphatic carbocycles. The van der Waals surface area contributed by atoms with E-state index in [4.69, 9.17) is 4.74 Å². The molecule has 0 unspecified atom stereocenters. The predicted octanol–water partition coefficient (Wildman–Crippen LogP) is -0.200. The fourth-order valence-corrected chi connectivity index (χ4v) is 2.07. The molecule has 0 atom stereocenters. The molecule has 1 N–H and O–H groups in total. The summed E-state index contributed by atoms with van der Waals surface area (Å²) in [6.07, 6.45) is 2.39. The summed E-state index contributed by atoms with van der Waals surface area (Å²) < 4.78 is 27.3. The summed E-state index contributed by atoms with van der Waals surface area (Å²) in [6.45, 7) is 0.877. The van der Waals surface area contributed by atoms with Crippen molar-refractivity contribution >= 4 is 9.84 Å². The normalized spacial score (nSPS) is 17.6. The van der Waals surface area contributed by atoms with Gasteiger partial charge >= 0.3 is 0 Å². The Kier molecular flexibility index (Phi) is 4.15. The highest BCUT2D eigenvalue weighted by Gasteiger charge is 2.20. The molecule has 0 aromatic rings. The molecule has 0 aromatic carbocycles. The van der Waals surface area contributed by atoms with E-state index in [2.05, 4.69) is 5.32 Å². The highest BCUT2D eigenvalue weighted by molar-refractivity contribution is 7.91. The molecule has 1 rings (SSSR count).